The van der Waals surface area contributed by atoms with Gasteiger partial charge in [0.15, 0.2) is 0 Å². The van der Waals surface area contributed by atoms with Gasteiger partial charge in [-0.2, -0.15) is 0 Å². The maximum Gasteiger partial charge on any atom is 0.130 e. The summed E-state index contributed by atoms with van der Waals surface area (Å²) in [5.41, 5.74) is 6.27. The topological polar surface area (TPSA) is 46.1 Å². The number of aryl methyl sites for hydroxylation is 2. The molecule has 2 aromatic carbocycles. The van der Waals surface area contributed by atoms with E-state index < -0.39 is 0 Å². The minimum absolute atomic E-state index is 0.211. The molecule has 2 unspecified atom stereocenters. The number of morpholine rings is 1. The molecule has 7 heteroatoms. The first kappa shape index (κ1) is 21.3. The van der Waals surface area contributed by atoms with E-state index in [1.807, 2.05) is 44.2 Å². The van der Waals surface area contributed by atoms with E-state index >= 15 is 0 Å². The third kappa shape index (κ3) is 5.80. The van der Waals surface area contributed by atoms with Crippen LogP contribution in [0.3, 0.4) is 0 Å². The molecule has 0 aromatic heterocycles. The predicted molar refractivity (Wildman–Crippen MR) is 121 cm³/mol. The summed E-state index contributed by atoms with van der Waals surface area (Å²) >= 11 is 6.98. The lowest BCUT2D eigenvalue weighted by Crippen LogP contribution is -2.51. The summed E-state index contributed by atoms with van der Waals surface area (Å²) in [6, 6.07) is 9.93. The SMILES string of the molecule is Cc1cc(Oc2cc(Br)cc(Br)c2)c(C)cc1N=CNN1CC(C)OC(C)C1. The second-order valence-corrected chi connectivity index (χ2v) is 8.99. The van der Waals surface area contributed by atoms with Crippen molar-refractivity contribution in [1.29, 1.82) is 0 Å². The van der Waals surface area contributed by atoms with Gasteiger partial charge in [-0.25, -0.2) is 10.0 Å². The number of ether oxygens (including phenoxy) is 2. The number of benzene rings is 2. The highest BCUT2D eigenvalue weighted by molar-refractivity contribution is 9.11. The lowest BCUT2D eigenvalue weighted by Gasteiger charge is -2.34. The highest BCUT2D eigenvalue weighted by atomic mass is 79.9. The highest BCUT2D eigenvalue weighted by Gasteiger charge is 2.21. The molecule has 0 spiro atoms. The molecule has 5 nitrogen and oxygen atoms in total. The minimum atomic E-state index is 0.211. The minimum Gasteiger partial charge on any atom is -0.457 e. The third-order valence-electron chi connectivity index (χ3n) is 4.42. The molecule has 1 aliphatic rings. The van der Waals surface area contributed by atoms with Crippen molar-refractivity contribution in [1.82, 2.24) is 10.4 Å². The van der Waals surface area contributed by atoms with Crippen LogP contribution in [-0.2, 0) is 4.74 Å². The Morgan fingerprint density at radius 3 is 2.32 bits per heavy atom. The third-order valence-corrected chi connectivity index (χ3v) is 5.34. The van der Waals surface area contributed by atoms with Crippen LogP contribution in [0, 0.1) is 13.8 Å². The van der Waals surface area contributed by atoms with E-state index in [1.165, 1.54) is 0 Å². The van der Waals surface area contributed by atoms with Crippen LogP contribution in [0.2, 0.25) is 0 Å². The van der Waals surface area contributed by atoms with Gasteiger partial charge >= 0.3 is 0 Å². The number of hydrogen-bond acceptors (Lipinski definition) is 4. The Morgan fingerprint density at radius 1 is 1.04 bits per heavy atom. The van der Waals surface area contributed by atoms with E-state index in [4.69, 9.17) is 9.47 Å². The van der Waals surface area contributed by atoms with Gasteiger partial charge in [0.2, 0.25) is 0 Å². The van der Waals surface area contributed by atoms with Gasteiger partial charge in [0, 0.05) is 22.0 Å². The molecule has 1 aliphatic heterocycles. The first-order chi connectivity index (χ1) is 13.3. The largest absolute Gasteiger partial charge is 0.457 e. The van der Waals surface area contributed by atoms with Gasteiger partial charge < -0.3 is 14.9 Å². The Kier molecular flexibility index (Phi) is 7.15. The maximum atomic E-state index is 6.08. The van der Waals surface area contributed by atoms with E-state index in [9.17, 15) is 0 Å². The van der Waals surface area contributed by atoms with Crippen molar-refractivity contribution < 1.29 is 9.47 Å². The fourth-order valence-corrected chi connectivity index (χ4v) is 4.45. The van der Waals surface area contributed by atoms with Gasteiger partial charge in [0.1, 0.15) is 17.8 Å². The molecule has 150 valence electrons. The molecule has 1 heterocycles. The summed E-state index contributed by atoms with van der Waals surface area (Å²) in [5, 5.41) is 2.13. The van der Waals surface area contributed by atoms with Crippen LogP contribution in [0.1, 0.15) is 25.0 Å². The Labute approximate surface area is 183 Å². The Balaban J connectivity index is 1.69. The van der Waals surface area contributed by atoms with Crippen LogP contribution in [0.25, 0.3) is 0 Å². The van der Waals surface area contributed by atoms with Crippen molar-refractivity contribution >= 4 is 43.9 Å². The lowest BCUT2D eigenvalue weighted by molar-refractivity contribution is -0.0760. The molecule has 2 atom stereocenters. The first-order valence-electron chi connectivity index (χ1n) is 9.24. The van der Waals surface area contributed by atoms with Crippen molar-refractivity contribution in [2.45, 2.75) is 39.9 Å². The van der Waals surface area contributed by atoms with Gasteiger partial charge in [0.25, 0.3) is 0 Å². The average Bonchev–Trinajstić information content (AvgIpc) is 2.57. The number of nitrogens with zero attached hydrogens (tertiary/aromatic N) is 2. The summed E-state index contributed by atoms with van der Waals surface area (Å²) in [4.78, 5) is 4.60. The average molecular weight is 511 g/mol. The fraction of sp³-hybridized carbons (Fsp3) is 0.381. The Bertz CT molecular complexity index is 843. The smallest absolute Gasteiger partial charge is 0.130 e. The summed E-state index contributed by atoms with van der Waals surface area (Å²) in [6.45, 7) is 9.90. The Hall–Kier alpha value is -1.41. The van der Waals surface area contributed by atoms with Gasteiger partial charge in [-0.3, -0.25) is 0 Å². The summed E-state index contributed by atoms with van der Waals surface area (Å²) < 4.78 is 13.8. The molecule has 3 rings (SSSR count). The standard InChI is InChI=1S/C21H25Br2N3O2/c1-13-6-21(28-19-8-17(22)7-18(23)9-19)14(2)5-20(13)24-12-25-26-10-15(3)27-16(4)11-26/h5-9,12,15-16H,10-11H2,1-4H3,(H,24,25). The Morgan fingerprint density at radius 2 is 1.68 bits per heavy atom. The van der Waals surface area contributed by atoms with E-state index in [0.717, 1.165) is 50.3 Å². The van der Waals surface area contributed by atoms with Gasteiger partial charge in [-0.15, -0.1) is 0 Å². The number of halogens is 2. The molecule has 1 saturated heterocycles. The van der Waals surface area contributed by atoms with Crippen LogP contribution >= 0.6 is 31.9 Å². The number of rotatable bonds is 5. The quantitative estimate of drug-likeness (QED) is 0.402. The van der Waals surface area contributed by atoms with Crippen LogP contribution < -0.4 is 10.2 Å². The van der Waals surface area contributed by atoms with Crippen molar-refractivity contribution in [3.63, 3.8) is 0 Å². The molecular weight excluding hydrogens is 486 g/mol. The fourth-order valence-electron chi connectivity index (χ4n) is 3.20. The molecule has 0 aliphatic carbocycles. The van der Waals surface area contributed by atoms with Gasteiger partial charge in [0.05, 0.1) is 17.9 Å². The zero-order valence-corrected chi connectivity index (χ0v) is 19.7. The first-order valence-corrected chi connectivity index (χ1v) is 10.8. The van der Waals surface area contributed by atoms with E-state index in [2.05, 4.69) is 61.1 Å². The van der Waals surface area contributed by atoms with E-state index in [1.54, 1.807) is 6.34 Å². The monoisotopic (exact) mass is 509 g/mol. The van der Waals surface area contributed by atoms with Gasteiger partial charge in [-0.1, -0.05) is 31.9 Å². The zero-order chi connectivity index (χ0) is 20.3. The van der Waals surface area contributed by atoms with Gasteiger partial charge in [-0.05, 0) is 69.2 Å². The molecule has 0 bridgehead atoms. The van der Waals surface area contributed by atoms with E-state index in [-0.39, 0.29) is 12.2 Å². The van der Waals surface area contributed by atoms with E-state index in [0.29, 0.717) is 0 Å². The summed E-state index contributed by atoms with van der Waals surface area (Å²) in [5.74, 6) is 1.60. The molecular formula is C21H25Br2N3O2. The number of nitrogens with one attached hydrogen (secondary N) is 1. The number of hydrazine groups is 1. The molecule has 2 aromatic rings. The lowest BCUT2D eigenvalue weighted by atomic mass is 10.1. The van der Waals surface area contributed by atoms with Crippen LogP contribution in [0.4, 0.5) is 5.69 Å². The van der Waals surface area contributed by atoms with Crippen LogP contribution in [0.5, 0.6) is 11.5 Å². The highest BCUT2D eigenvalue weighted by Crippen LogP contribution is 2.33. The summed E-state index contributed by atoms with van der Waals surface area (Å²) in [6.07, 6.45) is 2.17. The van der Waals surface area contributed by atoms with Crippen LogP contribution in [-0.4, -0.2) is 36.6 Å². The maximum absolute atomic E-state index is 6.08. The molecule has 0 amide bonds. The number of aliphatic imine (C=N–C) groups is 1. The van der Waals surface area contributed by atoms with Crippen molar-refractivity contribution in [3.8, 4) is 11.5 Å². The molecule has 28 heavy (non-hydrogen) atoms. The van der Waals surface area contributed by atoms with Crippen LogP contribution in [0.15, 0.2) is 44.3 Å². The molecule has 0 radical (unpaired) electrons. The number of hydrogen-bond donors (Lipinski definition) is 1. The second-order valence-electron chi connectivity index (χ2n) is 7.16. The molecule has 1 fully saturated rings. The zero-order valence-electron chi connectivity index (χ0n) is 16.5. The normalized spacial score (nSPS) is 20.5. The molecule has 1 N–H and O–H groups in total. The van der Waals surface area contributed by atoms with Crippen molar-refractivity contribution in [2.24, 2.45) is 4.99 Å². The molecule has 0 saturated carbocycles. The van der Waals surface area contributed by atoms with Crippen molar-refractivity contribution in [3.05, 3.63) is 50.4 Å². The second kappa shape index (κ2) is 9.39. The summed E-state index contributed by atoms with van der Waals surface area (Å²) in [7, 11) is 0. The predicted octanol–water partition coefficient (Wildman–Crippen LogP) is 5.89. The van der Waals surface area contributed by atoms with Crippen molar-refractivity contribution in [2.75, 3.05) is 13.1 Å².